The lowest BCUT2D eigenvalue weighted by Crippen LogP contribution is -2.31. The lowest BCUT2D eigenvalue weighted by Gasteiger charge is -2.13. The molecule has 2 rings (SSSR count). The number of amides is 2. The molecule has 0 aliphatic rings. The summed E-state index contributed by atoms with van der Waals surface area (Å²) in [5, 5.41) is 9.51. The van der Waals surface area contributed by atoms with Crippen LogP contribution in [0.25, 0.3) is 0 Å². The van der Waals surface area contributed by atoms with E-state index in [1.165, 1.54) is 0 Å². The van der Waals surface area contributed by atoms with Crippen LogP contribution in [0, 0.1) is 0 Å². The van der Waals surface area contributed by atoms with Crippen LogP contribution in [0.15, 0.2) is 42.5 Å². The van der Waals surface area contributed by atoms with Gasteiger partial charge in [0.2, 0.25) is 5.91 Å². The number of carbonyl (C=O) groups excluding carboxylic acids is 2. The zero-order chi connectivity index (χ0) is 19.1. The van der Waals surface area contributed by atoms with Crippen molar-refractivity contribution in [1.29, 1.82) is 0 Å². The molecule has 1 unspecified atom stereocenters. The standard InChI is InChI=1S/C19H21Cl2N3O2/c1-3-12(2)23-19(26)13-5-4-6-16(7-13)22-11-18(25)24-17-9-14(20)8-15(21)10-17/h4-10,12,22H,3,11H2,1-2H3,(H,23,26)(H,24,25). The third kappa shape index (κ3) is 6.24. The van der Waals surface area contributed by atoms with Crippen LogP contribution in [0.2, 0.25) is 10.0 Å². The Hall–Kier alpha value is -2.24. The van der Waals surface area contributed by atoms with Crippen LogP contribution in [0.1, 0.15) is 30.6 Å². The third-order valence-corrected chi connectivity index (χ3v) is 4.15. The average molecular weight is 394 g/mol. The fourth-order valence-corrected chi connectivity index (χ4v) is 2.72. The van der Waals surface area contributed by atoms with Gasteiger partial charge in [0, 0.05) is 33.0 Å². The number of nitrogens with one attached hydrogen (secondary N) is 3. The predicted molar refractivity (Wildman–Crippen MR) is 107 cm³/mol. The van der Waals surface area contributed by atoms with Crippen molar-refractivity contribution in [2.24, 2.45) is 0 Å². The highest BCUT2D eigenvalue weighted by Crippen LogP contribution is 2.22. The molecule has 7 heteroatoms. The quantitative estimate of drug-likeness (QED) is 0.644. The fraction of sp³-hybridized carbons (Fsp3) is 0.263. The molecule has 0 spiro atoms. The first kappa shape index (κ1) is 20.1. The molecule has 0 aromatic heterocycles. The maximum absolute atomic E-state index is 12.2. The first-order valence-corrected chi connectivity index (χ1v) is 9.03. The SMILES string of the molecule is CCC(C)NC(=O)c1cccc(NCC(=O)Nc2cc(Cl)cc(Cl)c2)c1. The van der Waals surface area contributed by atoms with Crippen molar-refractivity contribution in [3.8, 4) is 0 Å². The summed E-state index contributed by atoms with van der Waals surface area (Å²) in [5.74, 6) is -0.390. The van der Waals surface area contributed by atoms with E-state index in [9.17, 15) is 9.59 Å². The highest BCUT2D eigenvalue weighted by molar-refractivity contribution is 6.35. The first-order chi connectivity index (χ1) is 12.4. The van der Waals surface area contributed by atoms with E-state index in [-0.39, 0.29) is 24.4 Å². The molecule has 0 bridgehead atoms. The molecular formula is C19H21Cl2N3O2. The van der Waals surface area contributed by atoms with Crippen LogP contribution in [0.5, 0.6) is 0 Å². The maximum Gasteiger partial charge on any atom is 0.251 e. The van der Waals surface area contributed by atoms with E-state index in [0.29, 0.717) is 27.0 Å². The van der Waals surface area contributed by atoms with Crippen LogP contribution in [-0.4, -0.2) is 24.4 Å². The van der Waals surface area contributed by atoms with Gasteiger partial charge in [0.15, 0.2) is 0 Å². The largest absolute Gasteiger partial charge is 0.376 e. The van der Waals surface area contributed by atoms with Gasteiger partial charge in [-0.05, 0) is 49.7 Å². The van der Waals surface area contributed by atoms with Gasteiger partial charge in [-0.15, -0.1) is 0 Å². The van der Waals surface area contributed by atoms with Gasteiger partial charge >= 0.3 is 0 Å². The van der Waals surface area contributed by atoms with Gasteiger partial charge in [-0.1, -0.05) is 36.2 Å². The summed E-state index contributed by atoms with van der Waals surface area (Å²) in [6.07, 6.45) is 0.859. The van der Waals surface area contributed by atoms with Crippen molar-refractivity contribution < 1.29 is 9.59 Å². The Balaban J connectivity index is 1.93. The predicted octanol–water partition coefficient (Wildman–Crippen LogP) is 4.57. The van der Waals surface area contributed by atoms with Gasteiger partial charge in [0.05, 0.1) is 6.54 Å². The Morgan fingerprint density at radius 2 is 1.73 bits per heavy atom. The normalized spacial score (nSPS) is 11.5. The van der Waals surface area contributed by atoms with E-state index < -0.39 is 0 Å². The maximum atomic E-state index is 12.2. The molecular weight excluding hydrogens is 373 g/mol. The lowest BCUT2D eigenvalue weighted by atomic mass is 10.1. The van der Waals surface area contributed by atoms with E-state index in [0.717, 1.165) is 6.42 Å². The van der Waals surface area contributed by atoms with E-state index in [1.807, 2.05) is 13.8 Å². The minimum atomic E-state index is -0.252. The average Bonchev–Trinajstić information content (AvgIpc) is 2.59. The molecule has 0 aliphatic carbocycles. The van der Waals surface area contributed by atoms with Crippen LogP contribution >= 0.6 is 23.2 Å². The van der Waals surface area contributed by atoms with Gasteiger partial charge in [0.1, 0.15) is 0 Å². The smallest absolute Gasteiger partial charge is 0.251 e. The Morgan fingerprint density at radius 3 is 2.38 bits per heavy atom. The van der Waals surface area contributed by atoms with Crippen molar-refractivity contribution in [3.05, 3.63) is 58.1 Å². The minimum Gasteiger partial charge on any atom is -0.376 e. The molecule has 2 amide bonds. The second kappa shape index (κ2) is 9.46. The molecule has 0 saturated carbocycles. The number of hydrogen-bond donors (Lipinski definition) is 3. The Morgan fingerprint density at radius 1 is 1.04 bits per heavy atom. The van der Waals surface area contributed by atoms with Crippen LogP contribution < -0.4 is 16.0 Å². The van der Waals surface area contributed by atoms with E-state index in [2.05, 4.69) is 16.0 Å². The summed E-state index contributed by atoms with van der Waals surface area (Å²) < 4.78 is 0. The Labute approximate surface area is 163 Å². The summed E-state index contributed by atoms with van der Waals surface area (Å²) in [6.45, 7) is 4.00. The first-order valence-electron chi connectivity index (χ1n) is 8.28. The fourth-order valence-electron chi connectivity index (χ4n) is 2.19. The molecule has 3 N–H and O–H groups in total. The second-order valence-electron chi connectivity index (χ2n) is 5.92. The number of anilines is 2. The molecule has 26 heavy (non-hydrogen) atoms. The van der Waals surface area contributed by atoms with Crippen molar-refractivity contribution in [2.45, 2.75) is 26.3 Å². The lowest BCUT2D eigenvalue weighted by molar-refractivity contribution is -0.114. The molecule has 2 aromatic carbocycles. The Bertz CT molecular complexity index is 776. The number of rotatable bonds is 7. The molecule has 1 atom stereocenters. The molecule has 0 heterocycles. The highest BCUT2D eigenvalue weighted by atomic mass is 35.5. The molecule has 0 aliphatic heterocycles. The van der Waals surface area contributed by atoms with Gasteiger partial charge in [-0.25, -0.2) is 0 Å². The van der Waals surface area contributed by atoms with E-state index >= 15 is 0 Å². The van der Waals surface area contributed by atoms with Crippen molar-refractivity contribution in [3.63, 3.8) is 0 Å². The third-order valence-electron chi connectivity index (χ3n) is 3.71. The highest BCUT2D eigenvalue weighted by Gasteiger charge is 2.10. The summed E-state index contributed by atoms with van der Waals surface area (Å²) in [5.41, 5.74) is 1.74. The summed E-state index contributed by atoms with van der Waals surface area (Å²) in [4.78, 5) is 24.2. The molecule has 0 fully saturated rings. The van der Waals surface area contributed by atoms with Gasteiger partial charge in [-0.2, -0.15) is 0 Å². The number of hydrogen-bond acceptors (Lipinski definition) is 3. The van der Waals surface area contributed by atoms with Crippen LogP contribution in [-0.2, 0) is 4.79 Å². The molecule has 0 saturated heterocycles. The van der Waals surface area contributed by atoms with Gasteiger partial charge < -0.3 is 16.0 Å². The van der Waals surface area contributed by atoms with Gasteiger partial charge in [-0.3, -0.25) is 9.59 Å². The van der Waals surface area contributed by atoms with E-state index in [4.69, 9.17) is 23.2 Å². The van der Waals surface area contributed by atoms with Crippen molar-refractivity contribution >= 4 is 46.4 Å². The van der Waals surface area contributed by atoms with Crippen molar-refractivity contribution in [2.75, 3.05) is 17.2 Å². The molecule has 0 radical (unpaired) electrons. The van der Waals surface area contributed by atoms with E-state index in [1.54, 1.807) is 42.5 Å². The molecule has 5 nitrogen and oxygen atoms in total. The summed E-state index contributed by atoms with van der Waals surface area (Å²) in [7, 11) is 0. The van der Waals surface area contributed by atoms with Crippen LogP contribution in [0.4, 0.5) is 11.4 Å². The van der Waals surface area contributed by atoms with Crippen LogP contribution in [0.3, 0.4) is 0 Å². The number of carbonyl (C=O) groups is 2. The van der Waals surface area contributed by atoms with Gasteiger partial charge in [0.25, 0.3) is 5.91 Å². The zero-order valence-corrected chi connectivity index (χ0v) is 16.1. The number of benzene rings is 2. The van der Waals surface area contributed by atoms with Crippen molar-refractivity contribution in [1.82, 2.24) is 5.32 Å². The monoisotopic (exact) mass is 393 g/mol. The molecule has 2 aromatic rings. The Kier molecular flexibility index (Phi) is 7.30. The summed E-state index contributed by atoms with van der Waals surface area (Å²) in [6, 6.07) is 11.9. The number of halogens is 2. The molecule has 138 valence electrons. The second-order valence-corrected chi connectivity index (χ2v) is 6.80. The summed E-state index contributed by atoms with van der Waals surface area (Å²) >= 11 is 11.8. The topological polar surface area (TPSA) is 70.2 Å². The zero-order valence-electron chi connectivity index (χ0n) is 14.6. The minimum absolute atomic E-state index is 0.0422.